The summed E-state index contributed by atoms with van der Waals surface area (Å²) in [6, 6.07) is 7.60. The molecule has 90 valence electrons. The van der Waals surface area contributed by atoms with Gasteiger partial charge >= 0.3 is 0 Å². The monoisotopic (exact) mass is 232 g/mol. The van der Waals surface area contributed by atoms with Crippen molar-refractivity contribution in [3.8, 4) is 17.6 Å². The van der Waals surface area contributed by atoms with Gasteiger partial charge in [0.2, 0.25) is 6.79 Å². The van der Waals surface area contributed by atoms with Crippen LogP contribution in [0, 0.1) is 11.3 Å². The van der Waals surface area contributed by atoms with Crippen LogP contribution in [0.4, 0.5) is 0 Å². The zero-order valence-electron chi connectivity index (χ0n) is 9.90. The fraction of sp³-hybridized carbons (Fsp3) is 0.462. The summed E-state index contributed by atoms with van der Waals surface area (Å²) in [5.41, 5.74) is 0.924. The maximum atomic E-state index is 9.14. The third-order valence-corrected chi connectivity index (χ3v) is 2.74. The number of rotatable bonds is 5. The van der Waals surface area contributed by atoms with Crippen molar-refractivity contribution in [2.24, 2.45) is 0 Å². The van der Waals surface area contributed by atoms with E-state index in [1.165, 1.54) is 0 Å². The molecular weight excluding hydrogens is 216 g/mol. The summed E-state index contributed by atoms with van der Waals surface area (Å²) >= 11 is 0. The molecule has 0 aliphatic carbocycles. The predicted molar refractivity (Wildman–Crippen MR) is 63.8 cm³/mol. The number of unbranched alkanes of at least 4 members (excludes halogenated alkanes) is 1. The number of nitrogens with one attached hydrogen (secondary N) is 1. The molecule has 17 heavy (non-hydrogen) atoms. The van der Waals surface area contributed by atoms with Crippen LogP contribution in [0.5, 0.6) is 11.5 Å². The van der Waals surface area contributed by atoms with E-state index in [-0.39, 0.29) is 12.8 Å². The van der Waals surface area contributed by atoms with Gasteiger partial charge < -0.3 is 9.47 Å². The van der Waals surface area contributed by atoms with Gasteiger partial charge in [-0.1, -0.05) is 19.4 Å². The Labute approximate surface area is 101 Å². The summed E-state index contributed by atoms with van der Waals surface area (Å²) in [5.74, 6) is 1.47. The van der Waals surface area contributed by atoms with E-state index in [1.54, 1.807) is 0 Å². The van der Waals surface area contributed by atoms with Gasteiger partial charge in [-0.15, -0.1) is 0 Å². The highest BCUT2D eigenvalue weighted by Gasteiger charge is 2.17. The van der Waals surface area contributed by atoms with Crippen LogP contribution in [0.3, 0.4) is 0 Å². The van der Waals surface area contributed by atoms with E-state index in [0.29, 0.717) is 0 Å². The average Bonchev–Trinajstić information content (AvgIpc) is 2.82. The fourth-order valence-corrected chi connectivity index (χ4v) is 1.75. The highest BCUT2D eigenvalue weighted by molar-refractivity contribution is 5.46. The molecule has 1 unspecified atom stereocenters. The number of benzene rings is 1. The van der Waals surface area contributed by atoms with Crippen molar-refractivity contribution in [3.63, 3.8) is 0 Å². The molecule has 1 atom stereocenters. The highest BCUT2D eigenvalue weighted by atomic mass is 16.7. The molecule has 4 nitrogen and oxygen atoms in total. The van der Waals surface area contributed by atoms with Crippen molar-refractivity contribution in [1.82, 2.24) is 5.32 Å². The molecule has 1 aromatic rings. The van der Waals surface area contributed by atoms with Crippen molar-refractivity contribution in [1.29, 1.82) is 5.26 Å². The molecule has 1 aromatic carbocycles. The van der Waals surface area contributed by atoms with E-state index in [1.807, 2.05) is 18.2 Å². The van der Waals surface area contributed by atoms with Crippen LogP contribution >= 0.6 is 0 Å². The number of fused-ring (bicyclic) bond motifs is 1. The summed E-state index contributed by atoms with van der Waals surface area (Å²) in [6.45, 7) is 3.24. The molecule has 1 N–H and O–H groups in total. The second-order valence-electron chi connectivity index (χ2n) is 3.98. The van der Waals surface area contributed by atoms with Gasteiger partial charge in [-0.05, 0) is 30.7 Å². The summed E-state index contributed by atoms with van der Waals surface area (Å²) in [6.07, 6.45) is 2.19. The Morgan fingerprint density at radius 3 is 3.00 bits per heavy atom. The van der Waals surface area contributed by atoms with E-state index >= 15 is 0 Å². The lowest BCUT2D eigenvalue weighted by Crippen LogP contribution is -2.20. The molecular formula is C13H16N2O2. The third-order valence-electron chi connectivity index (χ3n) is 2.74. The van der Waals surface area contributed by atoms with Gasteiger partial charge in [-0.2, -0.15) is 5.26 Å². The van der Waals surface area contributed by atoms with Crippen LogP contribution in [0.1, 0.15) is 31.4 Å². The summed E-state index contributed by atoms with van der Waals surface area (Å²) in [7, 11) is 0. The van der Waals surface area contributed by atoms with Gasteiger partial charge in [-0.25, -0.2) is 0 Å². The predicted octanol–water partition coefficient (Wildman–Crippen LogP) is 2.37. The molecule has 1 aliphatic heterocycles. The minimum Gasteiger partial charge on any atom is -0.454 e. The molecule has 0 aromatic heterocycles. The first-order valence-corrected chi connectivity index (χ1v) is 5.87. The molecule has 4 heteroatoms. The molecule has 1 aliphatic rings. The van der Waals surface area contributed by atoms with Crippen molar-refractivity contribution in [2.75, 3.05) is 13.3 Å². The number of nitrogens with zero attached hydrogens (tertiary/aromatic N) is 1. The van der Waals surface area contributed by atoms with E-state index in [9.17, 15) is 0 Å². The zero-order chi connectivity index (χ0) is 12.1. The second kappa shape index (κ2) is 5.55. The lowest BCUT2D eigenvalue weighted by atomic mass is 10.1. The van der Waals surface area contributed by atoms with Crippen LogP contribution in [0.25, 0.3) is 0 Å². The van der Waals surface area contributed by atoms with Gasteiger partial charge in [-0.3, -0.25) is 5.32 Å². The van der Waals surface area contributed by atoms with Gasteiger partial charge in [0.25, 0.3) is 0 Å². The van der Waals surface area contributed by atoms with E-state index in [2.05, 4.69) is 18.3 Å². The Kier molecular flexibility index (Phi) is 3.84. The first-order valence-electron chi connectivity index (χ1n) is 5.87. The molecule has 1 heterocycles. The van der Waals surface area contributed by atoms with Gasteiger partial charge in [0, 0.05) is 0 Å². The smallest absolute Gasteiger partial charge is 0.231 e. The molecule has 2 rings (SSSR count). The first-order chi connectivity index (χ1) is 8.35. The molecule has 0 radical (unpaired) electrons. The van der Waals surface area contributed by atoms with Crippen molar-refractivity contribution in [3.05, 3.63) is 23.8 Å². The number of nitriles is 1. The van der Waals surface area contributed by atoms with Crippen molar-refractivity contribution >= 4 is 0 Å². The lowest BCUT2D eigenvalue weighted by Gasteiger charge is -2.11. The number of hydrogen-bond acceptors (Lipinski definition) is 4. The largest absolute Gasteiger partial charge is 0.454 e. The third kappa shape index (κ3) is 2.69. The summed E-state index contributed by atoms with van der Waals surface area (Å²) in [4.78, 5) is 0. The average molecular weight is 232 g/mol. The second-order valence-corrected chi connectivity index (χ2v) is 3.98. The number of hydrogen-bond donors (Lipinski definition) is 1. The van der Waals surface area contributed by atoms with Crippen LogP contribution in [-0.4, -0.2) is 13.3 Å². The maximum absolute atomic E-state index is 9.14. The van der Waals surface area contributed by atoms with E-state index in [4.69, 9.17) is 14.7 Å². The normalized spacial score (nSPS) is 14.4. The quantitative estimate of drug-likeness (QED) is 0.792. The van der Waals surface area contributed by atoms with E-state index < -0.39 is 0 Å². The molecule has 0 saturated carbocycles. The topological polar surface area (TPSA) is 54.3 Å². The molecule has 0 saturated heterocycles. The molecule has 0 amide bonds. The minimum absolute atomic E-state index is 0.263. The zero-order valence-corrected chi connectivity index (χ0v) is 9.90. The Bertz CT molecular complexity index is 426. The Hall–Kier alpha value is -1.73. The van der Waals surface area contributed by atoms with Crippen LogP contribution < -0.4 is 14.8 Å². The number of ether oxygens (including phenoxy) is 2. The molecule has 0 bridgehead atoms. The Balaban J connectivity index is 2.07. The standard InChI is InChI=1S/C13H16N2O2/c1-2-3-6-15-11(8-14)10-4-5-12-13(7-10)17-9-16-12/h4-5,7,11,15H,2-3,6,9H2,1H3. The maximum Gasteiger partial charge on any atom is 0.231 e. The van der Waals surface area contributed by atoms with Gasteiger partial charge in [0.15, 0.2) is 11.5 Å². The van der Waals surface area contributed by atoms with Crippen molar-refractivity contribution < 1.29 is 9.47 Å². The van der Waals surface area contributed by atoms with Crippen molar-refractivity contribution in [2.45, 2.75) is 25.8 Å². The van der Waals surface area contributed by atoms with Gasteiger partial charge in [0.1, 0.15) is 6.04 Å². The lowest BCUT2D eigenvalue weighted by molar-refractivity contribution is 0.174. The van der Waals surface area contributed by atoms with Crippen LogP contribution in [0.15, 0.2) is 18.2 Å². The van der Waals surface area contributed by atoms with Gasteiger partial charge in [0.05, 0.1) is 6.07 Å². The van der Waals surface area contributed by atoms with E-state index in [0.717, 1.165) is 36.4 Å². The minimum atomic E-state index is -0.281. The highest BCUT2D eigenvalue weighted by Crippen LogP contribution is 2.34. The van der Waals surface area contributed by atoms with Crippen LogP contribution in [-0.2, 0) is 0 Å². The fourth-order valence-electron chi connectivity index (χ4n) is 1.75. The summed E-state index contributed by atoms with van der Waals surface area (Å²) in [5, 5.41) is 12.4. The first kappa shape index (κ1) is 11.7. The molecule has 0 spiro atoms. The van der Waals surface area contributed by atoms with Crippen LogP contribution in [0.2, 0.25) is 0 Å². The summed E-state index contributed by atoms with van der Waals surface area (Å²) < 4.78 is 10.5. The molecule has 0 fully saturated rings. The Morgan fingerprint density at radius 1 is 1.41 bits per heavy atom. The SMILES string of the molecule is CCCCNC(C#N)c1ccc2c(c1)OCO2. The Morgan fingerprint density at radius 2 is 2.24 bits per heavy atom.